The first-order chi connectivity index (χ1) is 14.5. The Morgan fingerprint density at radius 1 is 1.10 bits per heavy atom. The minimum atomic E-state index is -0.263. The number of Topliss-reactive ketones (excluding diaryl/α,β-unsaturated/α-hetero) is 1. The van der Waals surface area contributed by atoms with E-state index in [0.29, 0.717) is 23.2 Å². The van der Waals surface area contributed by atoms with E-state index in [9.17, 15) is 9.18 Å². The molecule has 30 heavy (non-hydrogen) atoms. The topological polar surface area (TPSA) is 73.8 Å². The maximum absolute atomic E-state index is 13.1. The van der Waals surface area contributed by atoms with Crippen molar-refractivity contribution in [2.24, 2.45) is 0 Å². The van der Waals surface area contributed by atoms with Crippen molar-refractivity contribution in [3.05, 3.63) is 83.2 Å². The van der Waals surface area contributed by atoms with E-state index in [1.54, 1.807) is 36.7 Å². The molecule has 3 aromatic heterocycles. The zero-order chi connectivity index (χ0) is 21.1. The largest absolute Gasteiger partial charge is 0.411 e. The molecule has 0 radical (unpaired) electrons. The van der Waals surface area contributed by atoms with Gasteiger partial charge in [-0.25, -0.2) is 4.39 Å². The number of aryl methyl sites for hydroxylation is 1. The Labute approximate surface area is 177 Å². The van der Waals surface area contributed by atoms with Gasteiger partial charge in [-0.15, -0.1) is 10.2 Å². The van der Waals surface area contributed by atoms with Crippen LogP contribution in [0.2, 0.25) is 0 Å². The second kappa shape index (κ2) is 8.62. The van der Waals surface area contributed by atoms with E-state index in [2.05, 4.69) is 19.7 Å². The van der Waals surface area contributed by atoms with Crippen molar-refractivity contribution in [2.75, 3.05) is 5.75 Å². The second-order valence-electron chi connectivity index (χ2n) is 6.82. The van der Waals surface area contributed by atoms with E-state index in [1.165, 1.54) is 23.9 Å². The van der Waals surface area contributed by atoms with Gasteiger partial charge < -0.3 is 8.98 Å². The number of pyridine rings is 1. The Bertz CT molecular complexity index is 1170. The van der Waals surface area contributed by atoms with E-state index in [4.69, 9.17) is 4.42 Å². The molecule has 0 atom stereocenters. The van der Waals surface area contributed by atoms with Crippen molar-refractivity contribution in [1.82, 2.24) is 19.7 Å². The summed E-state index contributed by atoms with van der Waals surface area (Å²) in [5.41, 5.74) is 4.27. The predicted octanol–water partition coefficient (Wildman–Crippen LogP) is 4.71. The maximum Gasteiger partial charge on any atom is 0.277 e. The fourth-order valence-electron chi connectivity index (χ4n) is 3.18. The minimum Gasteiger partial charge on any atom is -0.411 e. The smallest absolute Gasteiger partial charge is 0.277 e. The van der Waals surface area contributed by atoms with Crippen LogP contribution < -0.4 is 0 Å². The van der Waals surface area contributed by atoms with Crippen molar-refractivity contribution in [3.63, 3.8) is 0 Å². The first-order valence-electron chi connectivity index (χ1n) is 9.32. The van der Waals surface area contributed by atoms with Crippen molar-refractivity contribution in [3.8, 4) is 11.5 Å². The molecule has 0 fully saturated rings. The van der Waals surface area contributed by atoms with Gasteiger partial charge in [0.2, 0.25) is 5.89 Å². The molecule has 3 heterocycles. The van der Waals surface area contributed by atoms with Gasteiger partial charge in [0.1, 0.15) is 5.82 Å². The van der Waals surface area contributed by atoms with Crippen LogP contribution in [0.3, 0.4) is 0 Å². The fraction of sp³-hybridized carbons (Fsp3) is 0.182. The highest BCUT2D eigenvalue weighted by atomic mass is 32.2. The number of benzene rings is 1. The molecule has 0 amide bonds. The molecule has 0 aliphatic rings. The Kier molecular flexibility index (Phi) is 5.76. The molecule has 4 rings (SSSR count). The van der Waals surface area contributed by atoms with Gasteiger partial charge in [-0.2, -0.15) is 0 Å². The van der Waals surface area contributed by atoms with Crippen LogP contribution in [0, 0.1) is 19.7 Å². The Balaban J connectivity index is 1.44. The van der Waals surface area contributed by atoms with Crippen LogP contribution in [0.5, 0.6) is 0 Å². The number of rotatable bonds is 7. The Morgan fingerprint density at radius 2 is 1.83 bits per heavy atom. The zero-order valence-corrected chi connectivity index (χ0v) is 17.3. The molecule has 0 saturated heterocycles. The number of thioether (sulfide) groups is 1. The summed E-state index contributed by atoms with van der Waals surface area (Å²) in [6.45, 7) is 4.46. The van der Waals surface area contributed by atoms with Crippen molar-refractivity contribution < 1.29 is 13.6 Å². The molecule has 152 valence electrons. The fourth-order valence-corrected chi connectivity index (χ4v) is 3.83. The summed E-state index contributed by atoms with van der Waals surface area (Å²) >= 11 is 1.21. The molecular formula is C22H19FN4O2S. The summed E-state index contributed by atoms with van der Waals surface area (Å²) in [6, 6.07) is 11.8. The number of hydrogen-bond acceptors (Lipinski definition) is 6. The molecule has 0 aliphatic carbocycles. The summed E-state index contributed by atoms with van der Waals surface area (Å²) in [5, 5.41) is 8.37. The average molecular weight is 422 g/mol. The number of ketones is 1. The number of hydrogen-bond donors (Lipinski definition) is 0. The van der Waals surface area contributed by atoms with Gasteiger partial charge in [0.05, 0.1) is 5.75 Å². The third-order valence-electron chi connectivity index (χ3n) is 4.79. The quantitative estimate of drug-likeness (QED) is 0.317. The molecule has 1 aromatic carbocycles. The van der Waals surface area contributed by atoms with Crippen LogP contribution in [0.15, 0.2) is 64.5 Å². The summed E-state index contributed by atoms with van der Waals surface area (Å²) in [6.07, 6.45) is 3.30. The molecule has 0 aliphatic heterocycles. The van der Waals surface area contributed by atoms with E-state index in [-0.39, 0.29) is 17.4 Å². The van der Waals surface area contributed by atoms with E-state index < -0.39 is 0 Å². The van der Waals surface area contributed by atoms with Crippen molar-refractivity contribution in [2.45, 2.75) is 25.6 Å². The third-order valence-corrected chi connectivity index (χ3v) is 5.61. The standard InChI is InChI=1S/C22H19FN4O2S/c1-14-11-19(15(2)27(14)12-16-3-5-18(23)6-4-16)20(28)13-30-22-26-25-21(29-22)17-7-9-24-10-8-17/h3-11H,12-13H2,1-2H3. The summed E-state index contributed by atoms with van der Waals surface area (Å²) in [5.74, 6) is 0.311. The van der Waals surface area contributed by atoms with E-state index >= 15 is 0 Å². The highest BCUT2D eigenvalue weighted by Crippen LogP contribution is 2.25. The number of carbonyl (C=O) groups is 1. The number of aromatic nitrogens is 4. The van der Waals surface area contributed by atoms with Gasteiger partial charge in [0, 0.05) is 41.5 Å². The zero-order valence-electron chi connectivity index (χ0n) is 16.5. The molecule has 0 N–H and O–H groups in total. The van der Waals surface area contributed by atoms with Crippen LogP contribution in [0.1, 0.15) is 27.3 Å². The van der Waals surface area contributed by atoms with E-state index in [1.807, 2.05) is 19.9 Å². The molecular weight excluding hydrogens is 403 g/mol. The molecule has 0 saturated carbocycles. The number of halogens is 1. The summed E-state index contributed by atoms with van der Waals surface area (Å²) < 4.78 is 20.8. The Hall–Kier alpha value is -3.26. The lowest BCUT2D eigenvalue weighted by Gasteiger charge is -2.10. The van der Waals surface area contributed by atoms with Crippen molar-refractivity contribution in [1.29, 1.82) is 0 Å². The minimum absolute atomic E-state index is 0.0119. The highest BCUT2D eigenvalue weighted by molar-refractivity contribution is 7.99. The first kappa shape index (κ1) is 20.0. The SMILES string of the molecule is Cc1cc(C(=O)CSc2nnc(-c3ccncc3)o2)c(C)n1Cc1ccc(F)cc1. The summed E-state index contributed by atoms with van der Waals surface area (Å²) in [7, 11) is 0. The number of nitrogens with zero attached hydrogens (tertiary/aromatic N) is 4. The molecule has 0 spiro atoms. The third kappa shape index (κ3) is 4.33. The van der Waals surface area contributed by atoms with Crippen LogP contribution >= 0.6 is 11.8 Å². The molecule has 0 bridgehead atoms. The van der Waals surface area contributed by atoms with Gasteiger partial charge in [-0.1, -0.05) is 23.9 Å². The molecule has 8 heteroatoms. The van der Waals surface area contributed by atoms with E-state index in [0.717, 1.165) is 22.5 Å². The van der Waals surface area contributed by atoms with Crippen LogP contribution in [-0.4, -0.2) is 31.3 Å². The van der Waals surface area contributed by atoms with Crippen LogP contribution in [0.25, 0.3) is 11.5 Å². The van der Waals surface area contributed by atoms with Gasteiger partial charge >= 0.3 is 0 Å². The highest BCUT2D eigenvalue weighted by Gasteiger charge is 2.18. The lowest BCUT2D eigenvalue weighted by Crippen LogP contribution is -2.07. The lowest BCUT2D eigenvalue weighted by molar-refractivity contribution is 0.102. The lowest BCUT2D eigenvalue weighted by atomic mass is 10.2. The first-order valence-corrected chi connectivity index (χ1v) is 10.3. The van der Waals surface area contributed by atoms with Crippen molar-refractivity contribution >= 4 is 17.5 Å². The average Bonchev–Trinajstić information content (AvgIpc) is 3.34. The maximum atomic E-state index is 13.1. The normalized spacial score (nSPS) is 11.0. The van der Waals surface area contributed by atoms with Gasteiger partial charge in [0.25, 0.3) is 5.22 Å². The van der Waals surface area contributed by atoms with Gasteiger partial charge in [-0.05, 0) is 49.7 Å². The molecule has 6 nitrogen and oxygen atoms in total. The second-order valence-corrected chi connectivity index (χ2v) is 7.74. The predicted molar refractivity (Wildman–Crippen MR) is 112 cm³/mol. The molecule has 0 unspecified atom stereocenters. The van der Waals surface area contributed by atoms with Gasteiger partial charge in [-0.3, -0.25) is 9.78 Å². The monoisotopic (exact) mass is 422 g/mol. The molecule has 4 aromatic rings. The van der Waals surface area contributed by atoms with Crippen LogP contribution in [0.4, 0.5) is 4.39 Å². The summed E-state index contributed by atoms with van der Waals surface area (Å²) in [4.78, 5) is 16.8. The van der Waals surface area contributed by atoms with Gasteiger partial charge in [0.15, 0.2) is 5.78 Å². The number of carbonyl (C=O) groups excluding carboxylic acids is 1. The van der Waals surface area contributed by atoms with Crippen LogP contribution in [-0.2, 0) is 6.54 Å². The Morgan fingerprint density at radius 3 is 2.57 bits per heavy atom.